The van der Waals surface area contributed by atoms with Crippen LogP contribution in [0.25, 0.3) is 0 Å². The van der Waals surface area contributed by atoms with Crippen LogP contribution in [0.2, 0.25) is 0 Å². The smallest absolute Gasteiger partial charge is 0.410 e. The molecule has 6 aliphatic rings. The van der Waals surface area contributed by atoms with Crippen LogP contribution < -0.4 is 0 Å². The van der Waals surface area contributed by atoms with E-state index in [0.29, 0.717) is 18.3 Å². The minimum Gasteiger partial charge on any atom is -0.446 e. The zero-order valence-corrected chi connectivity index (χ0v) is 27.8. The Bertz CT molecular complexity index is 860. The van der Waals surface area contributed by atoms with E-state index in [1.165, 1.54) is 58.4 Å². The van der Waals surface area contributed by atoms with Crippen molar-refractivity contribution in [3.05, 3.63) is 0 Å². The van der Waals surface area contributed by atoms with Gasteiger partial charge in [-0.1, -0.05) is 0 Å². The number of ether oxygens (including phenoxy) is 4. The molecule has 1 amide bonds. The van der Waals surface area contributed by atoms with E-state index in [4.69, 9.17) is 18.9 Å². The Labute approximate surface area is 266 Å². The summed E-state index contributed by atoms with van der Waals surface area (Å²) in [6.45, 7) is 17.0. The van der Waals surface area contributed by atoms with Crippen molar-refractivity contribution in [2.75, 3.05) is 98.8 Å². The minimum atomic E-state index is -0.131. The fraction of sp³-hybridized carbons (Fsp3) is 0.971. The topological polar surface area (TPSA) is 70.2 Å². The fourth-order valence-electron chi connectivity index (χ4n) is 8.28. The summed E-state index contributed by atoms with van der Waals surface area (Å²) < 4.78 is 24.1. The van der Waals surface area contributed by atoms with Crippen LogP contribution in [0.1, 0.15) is 71.1 Å². The highest BCUT2D eigenvalue weighted by atomic mass is 16.6. The van der Waals surface area contributed by atoms with Gasteiger partial charge in [-0.3, -0.25) is 4.90 Å². The van der Waals surface area contributed by atoms with Crippen LogP contribution in [0, 0.1) is 5.92 Å². The number of hydrogen-bond donors (Lipinski definition) is 0. The van der Waals surface area contributed by atoms with Gasteiger partial charge in [-0.25, -0.2) is 4.79 Å². The maximum Gasteiger partial charge on any atom is 0.410 e. The first kappa shape index (κ1) is 32.9. The molecule has 10 nitrogen and oxygen atoms in total. The van der Waals surface area contributed by atoms with E-state index in [1.54, 1.807) is 0 Å². The third-order valence-electron chi connectivity index (χ3n) is 11.4. The van der Waals surface area contributed by atoms with Gasteiger partial charge in [0.05, 0.1) is 37.6 Å². The molecule has 0 aromatic heterocycles. The van der Waals surface area contributed by atoms with Gasteiger partial charge in [0, 0.05) is 58.4 Å². The molecule has 1 aliphatic carbocycles. The Hall–Kier alpha value is -1.01. The maximum absolute atomic E-state index is 12.6. The third-order valence-corrected chi connectivity index (χ3v) is 11.4. The molecule has 10 heteroatoms. The predicted octanol–water partition coefficient (Wildman–Crippen LogP) is 3.14. The van der Waals surface area contributed by atoms with Gasteiger partial charge in [-0.2, -0.15) is 0 Å². The molecule has 0 aromatic carbocycles. The summed E-state index contributed by atoms with van der Waals surface area (Å²) in [7, 11) is 2.13. The number of carbonyl (C=O) groups excluding carboxylic acids is 1. The highest BCUT2D eigenvalue weighted by Gasteiger charge is 2.35. The second-order valence-electron chi connectivity index (χ2n) is 14.8. The van der Waals surface area contributed by atoms with Crippen LogP contribution in [0.5, 0.6) is 0 Å². The van der Waals surface area contributed by atoms with Gasteiger partial charge in [-0.15, -0.1) is 0 Å². The van der Waals surface area contributed by atoms with E-state index in [2.05, 4.69) is 33.6 Å². The van der Waals surface area contributed by atoms with Crippen LogP contribution >= 0.6 is 0 Å². The van der Waals surface area contributed by atoms with E-state index < -0.39 is 0 Å². The summed E-state index contributed by atoms with van der Waals surface area (Å²) in [6, 6.07) is 0.765. The van der Waals surface area contributed by atoms with E-state index in [1.807, 2.05) is 4.90 Å². The molecule has 44 heavy (non-hydrogen) atoms. The summed E-state index contributed by atoms with van der Waals surface area (Å²) in [5.74, 6) is 0.855. The molecular weight excluding hydrogens is 558 g/mol. The maximum atomic E-state index is 12.6. The second kappa shape index (κ2) is 16.2. The van der Waals surface area contributed by atoms with Crippen molar-refractivity contribution in [1.29, 1.82) is 0 Å². The second-order valence-corrected chi connectivity index (χ2v) is 14.8. The van der Waals surface area contributed by atoms with Crippen molar-refractivity contribution in [1.82, 2.24) is 24.5 Å². The summed E-state index contributed by atoms with van der Waals surface area (Å²) in [4.78, 5) is 24.8. The Kier molecular flexibility index (Phi) is 12.1. The summed E-state index contributed by atoms with van der Waals surface area (Å²) in [5.41, 5.74) is 0. The lowest BCUT2D eigenvalue weighted by Gasteiger charge is -2.43. The van der Waals surface area contributed by atoms with Crippen molar-refractivity contribution in [3.63, 3.8) is 0 Å². The summed E-state index contributed by atoms with van der Waals surface area (Å²) in [5, 5.41) is 0. The Morgan fingerprint density at radius 2 is 1.43 bits per heavy atom. The summed E-state index contributed by atoms with van der Waals surface area (Å²) in [6.07, 6.45) is 12.3. The van der Waals surface area contributed by atoms with E-state index >= 15 is 0 Å². The standard InChI is InChI=1S/C34H61N5O5/c1-27-25-39(20-22-41-27)29-5-15-37(16-6-29)26-28-3-13-36(14-4-28)19-21-42-32-23-33(24-32)43-30-9-17-38(18-10-30)34(40)44-31-7-11-35(2)12-8-31/h27-33H,3-26H2,1-2H3/t27-,32?,33?/m0/s1. The van der Waals surface area contributed by atoms with Crippen LogP contribution in [-0.4, -0.2) is 166 Å². The quantitative estimate of drug-likeness (QED) is 0.367. The van der Waals surface area contributed by atoms with E-state index in [9.17, 15) is 4.79 Å². The number of rotatable bonds is 10. The van der Waals surface area contributed by atoms with Crippen LogP contribution in [0.15, 0.2) is 0 Å². The Morgan fingerprint density at radius 3 is 2.14 bits per heavy atom. The highest BCUT2D eigenvalue weighted by Crippen LogP contribution is 2.30. The van der Waals surface area contributed by atoms with Gasteiger partial charge in [0.15, 0.2) is 0 Å². The minimum absolute atomic E-state index is 0.0786. The molecule has 1 saturated carbocycles. The molecule has 5 saturated heterocycles. The van der Waals surface area contributed by atoms with Gasteiger partial charge in [0.1, 0.15) is 6.10 Å². The number of amides is 1. The predicted molar refractivity (Wildman–Crippen MR) is 171 cm³/mol. The molecule has 6 rings (SSSR count). The van der Waals surface area contributed by atoms with E-state index in [-0.39, 0.29) is 18.3 Å². The normalized spacial score (nSPS) is 32.1. The number of morpholine rings is 1. The molecule has 0 radical (unpaired) electrons. The monoisotopic (exact) mass is 619 g/mol. The average Bonchev–Trinajstić information content (AvgIpc) is 3.02. The number of carbonyl (C=O) groups is 1. The van der Waals surface area contributed by atoms with Crippen LogP contribution in [0.4, 0.5) is 4.79 Å². The first-order valence-corrected chi connectivity index (χ1v) is 18.2. The van der Waals surface area contributed by atoms with Gasteiger partial charge in [0.2, 0.25) is 0 Å². The zero-order valence-electron chi connectivity index (χ0n) is 27.8. The Morgan fingerprint density at radius 1 is 0.750 bits per heavy atom. The largest absolute Gasteiger partial charge is 0.446 e. The van der Waals surface area contributed by atoms with Crippen molar-refractivity contribution >= 4 is 6.09 Å². The molecule has 0 unspecified atom stereocenters. The number of likely N-dealkylation sites (tertiary alicyclic amines) is 4. The molecular formula is C34H61N5O5. The lowest BCUT2D eigenvalue weighted by molar-refractivity contribution is -0.135. The van der Waals surface area contributed by atoms with Gasteiger partial charge in [-0.05, 0) is 110 Å². The molecule has 0 aromatic rings. The van der Waals surface area contributed by atoms with Gasteiger partial charge in [0.25, 0.3) is 0 Å². The molecule has 5 aliphatic heterocycles. The molecule has 6 fully saturated rings. The fourth-order valence-corrected chi connectivity index (χ4v) is 8.28. The number of piperidine rings is 4. The first-order valence-electron chi connectivity index (χ1n) is 18.2. The van der Waals surface area contributed by atoms with E-state index in [0.717, 1.165) is 110 Å². The number of nitrogens with zero attached hydrogens (tertiary/aromatic N) is 5. The van der Waals surface area contributed by atoms with Gasteiger partial charge >= 0.3 is 6.09 Å². The lowest BCUT2D eigenvalue weighted by atomic mass is 9.91. The van der Waals surface area contributed by atoms with Crippen molar-refractivity contribution in [2.45, 2.75) is 108 Å². The third kappa shape index (κ3) is 9.52. The Balaban J connectivity index is 0.761. The highest BCUT2D eigenvalue weighted by molar-refractivity contribution is 5.68. The molecule has 5 heterocycles. The molecule has 0 spiro atoms. The van der Waals surface area contributed by atoms with Crippen molar-refractivity contribution < 1.29 is 23.7 Å². The van der Waals surface area contributed by atoms with Gasteiger partial charge < -0.3 is 38.5 Å². The molecule has 0 N–H and O–H groups in total. The average molecular weight is 620 g/mol. The van der Waals surface area contributed by atoms with Crippen molar-refractivity contribution in [2.24, 2.45) is 5.92 Å². The van der Waals surface area contributed by atoms with Crippen LogP contribution in [-0.2, 0) is 18.9 Å². The lowest BCUT2D eigenvalue weighted by Crippen LogP contribution is -2.51. The first-order chi connectivity index (χ1) is 21.5. The number of hydrogen-bond acceptors (Lipinski definition) is 9. The SMILES string of the molecule is C[C@H]1CN(C2CCN(CC3CCN(CCOC4CC(OC5CCN(C(=O)OC6CCN(C)CC6)CC5)C4)CC3)CC2)CCO1. The molecule has 0 bridgehead atoms. The van der Waals surface area contributed by atoms with Crippen molar-refractivity contribution in [3.8, 4) is 0 Å². The van der Waals surface area contributed by atoms with Crippen LogP contribution in [0.3, 0.4) is 0 Å². The summed E-state index contributed by atoms with van der Waals surface area (Å²) >= 11 is 0. The molecule has 252 valence electrons. The zero-order chi connectivity index (χ0) is 30.3. The molecule has 1 atom stereocenters.